The van der Waals surface area contributed by atoms with E-state index in [0.29, 0.717) is 12.1 Å². The molecule has 20 heavy (non-hydrogen) atoms. The van der Waals surface area contributed by atoms with Crippen LogP contribution in [0.1, 0.15) is 57.1 Å². The zero-order valence-corrected chi connectivity index (χ0v) is 12.8. The number of rotatable bonds is 6. The molecule has 2 saturated carbocycles. The standard InChI is InChI=1S/C18H27NO/c1-3-13-7-8-15(11-13)18(19-2)14-5-4-6-17(12-14)20-16-9-10-16/h4-6,12-13,15-16,18-19H,3,7-11H2,1-2H3. The number of hydrogen-bond donors (Lipinski definition) is 1. The molecule has 1 N–H and O–H groups in total. The topological polar surface area (TPSA) is 21.3 Å². The first-order valence-electron chi connectivity index (χ1n) is 8.24. The van der Waals surface area contributed by atoms with E-state index in [1.54, 1.807) is 0 Å². The van der Waals surface area contributed by atoms with Crippen molar-refractivity contribution in [3.63, 3.8) is 0 Å². The lowest BCUT2D eigenvalue weighted by atomic mass is 9.90. The van der Waals surface area contributed by atoms with Gasteiger partial charge in [0.2, 0.25) is 0 Å². The fourth-order valence-electron chi connectivity index (χ4n) is 3.62. The molecular formula is C18H27NO. The monoisotopic (exact) mass is 273 g/mol. The molecule has 1 aromatic carbocycles. The zero-order valence-electron chi connectivity index (χ0n) is 12.8. The molecule has 0 heterocycles. The van der Waals surface area contributed by atoms with Gasteiger partial charge in [-0.3, -0.25) is 0 Å². The summed E-state index contributed by atoms with van der Waals surface area (Å²) >= 11 is 0. The molecular weight excluding hydrogens is 246 g/mol. The molecule has 3 rings (SSSR count). The third kappa shape index (κ3) is 3.17. The van der Waals surface area contributed by atoms with Crippen molar-refractivity contribution < 1.29 is 4.74 Å². The van der Waals surface area contributed by atoms with Gasteiger partial charge in [0.1, 0.15) is 5.75 Å². The Morgan fingerprint density at radius 3 is 2.75 bits per heavy atom. The van der Waals surface area contributed by atoms with Gasteiger partial charge in [-0.25, -0.2) is 0 Å². The Bertz CT molecular complexity index is 441. The molecule has 2 fully saturated rings. The third-order valence-corrected chi connectivity index (χ3v) is 4.99. The van der Waals surface area contributed by atoms with Crippen molar-refractivity contribution in [2.45, 2.75) is 57.6 Å². The van der Waals surface area contributed by atoms with Crippen molar-refractivity contribution in [1.82, 2.24) is 5.32 Å². The average molecular weight is 273 g/mol. The van der Waals surface area contributed by atoms with Gasteiger partial charge in [0.15, 0.2) is 0 Å². The maximum absolute atomic E-state index is 5.94. The van der Waals surface area contributed by atoms with Crippen molar-refractivity contribution in [3.05, 3.63) is 29.8 Å². The van der Waals surface area contributed by atoms with Crippen LogP contribution in [0.3, 0.4) is 0 Å². The van der Waals surface area contributed by atoms with Gasteiger partial charge in [-0.05, 0) is 62.3 Å². The number of nitrogens with one attached hydrogen (secondary N) is 1. The van der Waals surface area contributed by atoms with Crippen molar-refractivity contribution in [2.24, 2.45) is 11.8 Å². The lowest BCUT2D eigenvalue weighted by molar-refractivity contribution is 0.301. The second-order valence-electron chi connectivity index (χ2n) is 6.50. The predicted molar refractivity (Wildman–Crippen MR) is 83.0 cm³/mol. The van der Waals surface area contributed by atoms with Crippen LogP contribution in [0, 0.1) is 11.8 Å². The number of benzene rings is 1. The normalized spacial score (nSPS) is 27.5. The van der Waals surface area contributed by atoms with Gasteiger partial charge >= 0.3 is 0 Å². The number of hydrogen-bond acceptors (Lipinski definition) is 2. The Morgan fingerprint density at radius 2 is 2.10 bits per heavy atom. The highest BCUT2D eigenvalue weighted by Crippen LogP contribution is 2.41. The van der Waals surface area contributed by atoms with Gasteiger partial charge in [-0.2, -0.15) is 0 Å². The highest BCUT2D eigenvalue weighted by Gasteiger charge is 2.30. The summed E-state index contributed by atoms with van der Waals surface area (Å²) < 4.78 is 5.94. The van der Waals surface area contributed by atoms with Crippen LogP contribution in [0.25, 0.3) is 0 Å². The Balaban J connectivity index is 1.71. The Morgan fingerprint density at radius 1 is 1.25 bits per heavy atom. The van der Waals surface area contributed by atoms with E-state index in [-0.39, 0.29) is 0 Å². The lowest BCUT2D eigenvalue weighted by Gasteiger charge is -2.24. The Hall–Kier alpha value is -1.02. The van der Waals surface area contributed by atoms with Crippen LogP contribution < -0.4 is 10.1 Å². The molecule has 0 amide bonds. The minimum atomic E-state index is 0.481. The van der Waals surface area contributed by atoms with Crippen LogP contribution in [-0.4, -0.2) is 13.2 Å². The van der Waals surface area contributed by atoms with E-state index in [0.717, 1.165) is 17.6 Å². The van der Waals surface area contributed by atoms with Crippen LogP contribution in [0.2, 0.25) is 0 Å². The minimum absolute atomic E-state index is 0.481. The van der Waals surface area contributed by atoms with Crippen LogP contribution >= 0.6 is 0 Å². The van der Waals surface area contributed by atoms with E-state index < -0.39 is 0 Å². The molecule has 3 unspecified atom stereocenters. The SMILES string of the molecule is CCC1CCC(C(NC)c2cccc(OC3CC3)c2)C1. The van der Waals surface area contributed by atoms with E-state index in [4.69, 9.17) is 4.74 Å². The van der Waals surface area contributed by atoms with E-state index in [1.807, 2.05) is 0 Å². The molecule has 1 aromatic rings. The van der Waals surface area contributed by atoms with Gasteiger partial charge in [0, 0.05) is 6.04 Å². The first kappa shape index (κ1) is 13.9. The van der Waals surface area contributed by atoms with E-state index in [2.05, 4.69) is 43.6 Å². The van der Waals surface area contributed by atoms with Crippen molar-refractivity contribution in [2.75, 3.05) is 7.05 Å². The Kier molecular flexibility index (Phi) is 4.30. The minimum Gasteiger partial charge on any atom is -0.490 e. The van der Waals surface area contributed by atoms with Gasteiger partial charge in [0.25, 0.3) is 0 Å². The molecule has 0 aromatic heterocycles. The second-order valence-corrected chi connectivity index (χ2v) is 6.50. The van der Waals surface area contributed by atoms with E-state index in [9.17, 15) is 0 Å². The van der Waals surface area contributed by atoms with Crippen molar-refractivity contribution in [1.29, 1.82) is 0 Å². The summed E-state index contributed by atoms with van der Waals surface area (Å²) in [7, 11) is 2.10. The van der Waals surface area contributed by atoms with Gasteiger partial charge in [-0.15, -0.1) is 0 Å². The fourth-order valence-corrected chi connectivity index (χ4v) is 3.62. The predicted octanol–water partition coefficient (Wildman–Crippen LogP) is 4.31. The first-order valence-corrected chi connectivity index (χ1v) is 8.24. The molecule has 2 aliphatic carbocycles. The molecule has 0 radical (unpaired) electrons. The smallest absolute Gasteiger partial charge is 0.120 e. The van der Waals surface area contributed by atoms with Gasteiger partial charge < -0.3 is 10.1 Å². The maximum atomic E-state index is 5.94. The highest BCUT2D eigenvalue weighted by atomic mass is 16.5. The highest BCUT2D eigenvalue weighted by molar-refractivity contribution is 5.31. The summed E-state index contributed by atoms with van der Waals surface area (Å²) in [6.45, 7) is 2.32. The maximum Gasteiger partial charge on any atom is 0.120 e. The molecule has 2 aliphatic rings. The van der Waals surface area contributed by atoms with Crippen LogP contribution in [0.4, 0.5) is 0 Å². The van der Waals surface area contributed by atoms with E-state index >= 15 is 0 Å². The second kappa shape index (κ2) is 6.17. The van der Waals surface area contributed by atoms with Crippen molar-refractivity contribution >= 4 is 0 Å². The molecule has 0 saturated heterocycles. The summed E-state index contributed by atoms with van der Waals surface area (Å²) in [5.41, 5.74) is 1.40. The summed E-state index contributed by atoms with van der Waals surface area (Å²) in [6, 6.07) is 9.22. The molecule has 2 nitrogen and oxygen atoms in total. The lowest BCUT2D eigenvalue weighted by Crippen LogP contribution is -2.23. The molecule has 0 spiro atoms. The molecule has 110 valence electrons. The van der Waals surface area contributed by atoms with Crippen LogP contribution in [0.5, 0.6) is 5.75 Å². The zero-order chi connectivity index (χ0) is 13.9. The summed E-state index contributed by atoms with van der Waals surface area (Å²) in [4.78, 5) is 0. The van der Waals surface area contributed by atoms with Crippen LogP contribution in [0.15, 0.2) is 24.3 Å². The summed E-state index contributed by atoms with van der Waals surface area (Å²) in [5, 5.41) is 3.55. The van der Waals surface area contributed by atoms with Crippen molar-refractivity contribution in [3.8, 4) is 5.75 Å². The van der Waals surface area contributed by atoms with Gasteiger partial charge in [0.05, 0.1) is 6.10 Å². The molecule has 0 aliphatic heterocycles. The Labute approximate surface area is 122 Å². The quantitative estimate of drug-likeness (QED) is 0.833. The first-order chi connectivity index (χ1) is 9.80. The third-order valence-electron chi connectivity index (χ3n) is 4.99. The molecule has 3 atom stereocenters. The summed E-state index contributed by atoms with van der Waals surface area (Å²) in [5.74, 6) is 2.76. The average Bonchev–Trinajstić information content (AvgIpc) is 3.15. The fraction of sp³-hybridized carbons (Fsp3) is 0.667. The van der Waals surface area contributed by atoms with Crippen LogP contribution in [-0.2, 0) is 0 Å². The molecule has 2 heteroatoms. The largest absolute Gasteiger partial charge is 0.490 e. The van der Waals surface area contributed by atoms with E-state index in [1.165, 1.54) is 44.1 Å². The summed E-state index contributed by atoms with van der Waals surface area (Å²) in [6.07, 6.45) is 8.39. The molecule has 0 bridgehead atoms. The van der Waals surface area contributed by atoms with Gasteiger partial charge in [-0.1, -0.05) is 31.9 Å². The number of ether oxygens (including phenoxy) is 1.